The summed E-state index contributed by atoms with van der Waals surface area (Å²) in [5.41, 5.74) is 0.515. The molecule has 0 saturated heterocycles. The van der Waals surface area contributed by atoms with Crippen LogP contribution in [0.1, 0.15) is 20.7 Å². The topological polar surface area (TPSA) is 107 Å². The molecular weight excluding hydrogens is 333 g/mol. The first kappa shape index (κ1) is 21.4. The zero-order valence-electron chi connectivity index (χ0n) is 12.9. The fourth-order valence-corrected chi connectivity index (χ4v) is 1.39. The van der Waals surface area contributed by atoms with E-state index in [-0.39, 0.29) is 11.5 Å². The van der Waals surface area contributed by atoms with Crippen LogP contribution in [0.15, 0.2) is 24.3 Å². The van der Waals surface area contributed by atoms with Gasteiger partial charge >= 0.3 is 18.1 Å². The summed E-state index contributed by atoms with van der Waals surface area (Å²) >= 11 is 0. The Bertz CT molecular complexity index is 590. The minimum Gasteiger partial charge on any atom is -0.478 e. The van der Waals surface area contributed by atoms with Gasteiger partial charge in [0.2, 0.25) is 0 Å². The summed E-state index contributed by atoms with van der Waals surface area (Å²) < 4.78 is 31.7. The van der Waals surface area contributed by atoms with Gasteiger partial charge in [0.25, 0.3) is 5.91 Å². The Morgan fingerprint density at radius 1 is 1.17 bits per heavy atom. The van der Waals surface area contributed by atoms with E-state index in [9.17, 15) is 22.8 Å². The van der Waals surface area contributed by atoms with E-state index >= 15 is 0 Å². The van der Waals surface area contributed by atoms with E-state index < -0.39 is 18.1 Å². The van der Waals surface area contributed by atoms with Crippen LogP contribution < -0.4 is 5.32 Å². The third-order valence-electron chi connectivity index (χ3n) is 2.64. The molecule has 0 aromatic heterocycles. The second-order valence-electron chi connectivity index (χ2n) is 4.52. The maximum absolute atomic E-state index is 11.9. The van der Waals surface area contributed by atoms with Crippen LogP contribution in [0.5, 0.6) is 0 Å². The average molecular weight is 350 g/mol. The number of carbonyl (C=O) groups is 3. The van der Waals surface area contributed by atoms with E-state index in [4.69, 9.17) is 15.0 Å². The molecule has 0 heterocycles. The van der Waals surface area contributed by atoms with Crippen LogP contribution >= 0.6 is 0 Å². The molecular formula is C14H17F3N2O5. The minimum absolute atomic E-state index is 0.123. The van der Waals surface area contributed by atoms with E-state index in [1.165, 1.54) is 12.1 Å². The first-order valence-electron chi connectivity index (χ1n) is 6.54. The van der Waals surface area contributed by atoms with Gasteiger partial charge < -0.3 is 20.4 Å². The van der Waals surface area contributed by atoms with Gasteiger partial charge in [0, 0.05) is 25.7 Å². The van der Waals surface area contributed by atoms with Crippen LogP contribution in [-0.4, -0.2) is 66.3 Å². The highest BCUT2D eigenvalue weighted by molar-refractivity contribution is 5.97. The van der Waals surface area contributed by atoms with Crippen molar-refractivity contribution in [3.05, 3.63) is 35.4 Å². The molecule has 0 radical (unpaired) electrons. The van der Waals surface area contributed by atoms with Crippen LogP contribution in [0.25, 0.3) is 0 Å². The first-order valence-corrected chi connectivity index (χ1v) is 6.54. The minimum atomic E-state index is -5.08. The lowest BCUT2D eigenvalue weighted by atomic mass is 10.1. The summed E-state index contributed by atoms with van der Waals surface area (Å²) in [6, 6.07) is 6.04. The fourth-order valence-electron chi connectivity index (χ4n) is 1.39. The Morgan fingerprint density at radius 2 is 1.67 bits per heavy atom. The number of nitrogens with zero attached hydrogens (tertiary/aromatic N) is 1. The van der Waals surface area contributed by atoms with Gasteiger partial charge in [-0.1, -0.05) is 6.07 Å². The molecule has 134 valence electrons. The highest BCUT2D eigenvalue weighted by Gasteiger charge is 2.38. The van der Waals surface area contributed by atoms with Gasteiger partial charge in [-0.15, -0.1) is 0 Å². The number of amides is 1. The van der Waals surface area contributed by atoms with Gasteiger partial charge in [0.15, 0.2) is 0 Å². The molecule has 24 heavy (non-hydrogen) atoms. The predicted molar refractivity (Wildman–Crippen MR) is 78.0 cm³/mol. The molecule has 0 bridgehead atoms. The zero-order valence-corrected chi connectivity index (χ0v) is 12.9. The summed E-state index contributed by atoms with van der Waals surface area (Å²) in [6.45, 7) is 1.27. The lowest BCUT2D eigenvalue weighted by Gasteiger charge is -2.17. The van der Waals surface area contributed by atoms with Gasteiger partial charge in [-0.05, 0) is 25.2 Å². The number of benzene rings is 1. The molecule has 0 atom stereocenters. The monoisotopic (exact) mass is 350 g/mol. The van der Waals surface area contributed by atoms with Crippen molar-refractivity contribution >= 4 is 17.8 Å². The maximum atomic E-state index is 11.9. The van der Waals surface area contributed by atoms with E-state index in [0.29, 0.717) is 18.7 Å². The Morgan fingerprint density at radius 3 is 2.08 bits per heavy atom. The zero-order chi connectivity index (χ0) is 18.9. The molecule has 1 aromatic carbocycles. The van der Waals surface area contributed by atoms with Gasteiger partial charge in [0.05, 0.1) is 5.56 Å². The standard InChI is InChI=1S/C12H16N2O3.C2HF3O2/c1-13-6-7-14(2)11(15)9-4-3-5-10(8-9)12(16)17;3-2(4,5)1(6)7/h3-5,8,13H,6-7H2,1-2H3,(H,16,17);(H,6,7). The van der Waals surface area contributed by atoms with E-state index in [2.05, 4.69) is 5.32 Å². The van der Waals surface area contributed by atoms with Crippen LogP contribution in [0.2, 0.25) is 0 Å². The van der Waals surface area contributed by atoms with Crippen molar-refractivity contribution in [3.8, 4) is 0 Å². The summed E-state index contributed by atoms with van der Waals surface area (Å²) in [5.74, 6) is -3.96. The molecule has 0 fully saturated rings. The molecule has 7 nitrogen and oxygen atoms in total. The average Bonchev–Trinajstić information content (AvgIpc) is 2.51. The van der Waals surface area contributed by atoms with E-state index in [1.807, 2.05) is 7.05 Å². The lowest BCUT2D eigenvalue weighted by molar-refractivity contribution is -0.192. The fraction of sp³-hybridized carbons (Fsp3) is 0.357. The second-order valence-corrected chi connectivity index (χ2v) is 4.52. The predicted octanol–water partition coefficient (Wildman–Crippen LogP) is 1.31. The number of hydrogen-bond acceptors (Lipinski definition) is 4. The highest BCUT2D eigenvalue weighted by Crippen LogP contribution is 2.13. The van der Waals surface area contributed by atoms with E-state index in [0.717, 1.165) is 0 Å². The lowest BCUT2D eigenvalue weighted by Crippen LogP contribution is -2.32. The number of halogens is 3. The van der Waals surface area contributed by atoms with Gasteiger partial charge in [-0.25, -0.2) is 9.59 Å². The van der Waals surface area contributed by atoms with Gasteiger partial charge in [-0.3, -0.25) is 4.79 Å². The van der Waals surface area contributed by atoms with Crippen molar-refractivity contribution in [1.82, 2.24) is 10.2 Å². The molecule has 0 aliphatic carbocycles. The Kier molecular flexibility index (Phi) is 8.47. The SMILES string of the molecule is CNCCN(C)C(=O)c1cccc(C(=O)O)c1.O=C(O)C(F)(F)F. The van der Waals surface area contributed by atoms with Crippen molar-refractivity contribution in [2.45, 2.75) is 6.18 Å². The Hall–Kier alpha value is -2.62. The normalized spacial score (nSPS) is 10.4. The molecule has 0 spiro atoms. The Labute approximate surface area is 135 Å². The smallest absolute Gasteiger partial charge is 0.478 e. The Balaban J connectivity index is 0.000000640. The number of carboxylic acid groups (broad SMARTS) is 2. The highest BCUT2D eigenvalue weighted by atomic mass is 19.4. The third kappa shape index (κ3) is 7.58. The molecule has 10 heteroatoms. The summed E-state index contributed by atoms with van der Waals surface area (Å²) in [6.07, 6.45) is -5.08. The number of hydrogen-bond donors (Lipinski definition) is 3. The number of carbonyl (C=O) groups excluding carboxylic acids is 1. The van der Waals surface area contributed by atoms with Crippen molar-refractivity contribution in [1.29, 1.82) is 0 Å². The number of likely N-dealkylation sites (N-methyl/N-ethyl adjacent to an activating group) is 2. The number of aromatic carboxylic acids is 1. The molecule has 0 aliphatic heterocycles. The van der Waals surface area contributed by atoms with Crippen molar-refractivity contribution < 1.29 is 37.8 Å². The number of alkyl halides is 3. The largest absolute Gasteiger partial charge is 0.490 e. The van der Waals surface area contributed by atoms with Crippen LogP contribution in [0, 0.1) is 0 Å². The van der Waals surface area contributed by atoms with Crippen molar-refractivity contribution in [2.24, 2.45) is 0 Å². The van der Waals surface area contributed by atoms with Crippen molar-refractivity contribution in [2.75, 3.05) is 27.2 Å². The molecule has 0 saturated carbocycles. The third-order valence-corrected chi connectivity index (χ3v) is 2.64. The molecule has 3 N–H and O–H groups in total. The molecule has 1 rings (SSSR count). The molecule has 0 unspecified atom stereocenters. The summed E-state index contributed by atoms with van der Waals surface area (Å²) in [4.78, 5) is 33.2. The maximum Gasteiger partial charge on any atom is 0.490 e. The second kappa shape index (κ2) is 9.50. The summed E-state index contributed by atoms with van der Waals surface area (Å²) in [7, 11) is 3.50. The van der Waals surface area contributed by atoms with Crippen LogP contribution in [-0.2, 0) is 4.79 Å². The van der Waals surface area contributed by atoms with Crippen LogP contribution in [0.3, 0.4) is 0 Å². The molecule has 0 aliphatic rings. The van der Waals surface area contributed by atoms with E-state index in [1.54, 1.807) is 24.1 Å². The number of aliphatic carboxylic acids is 1. The quantitative estimate of drug-likeness (QED) is 0.739. The number of carboxylic acids is 2. The van der Waals surface area contributed by atoms with Gasteiger partial charge in [-0.2, -0.15) is 13.2 Å². The first-order chi connectivity index (χ1) is 11.0. The van der Waals surface area contributed by atoms with Crippen LogP contribution in [0.4, 0.5) is 13.2 Å². The number of nitrogens with one attached hydrogen (secondary N) is 1. The molecule has 1 amide bonds. The number of rotatable bonds is 5. The van der Waals surface area contributed by atoms with Gasteiger partial charge in [0.1, 0.15) is 0 Å². The summed E-state index contributed by atoms with van der Waals surface area (Å²) in [5, 5.41) is 18.9. The van der Waals surface area contributed by atoms with Crippen molar-refractivity contribution in [3.63, 3.8) is 0 Å². The molecule has 1 aromatic rings.